The molecule has 0 aliphatic heterocycles. The first-order valence-electron chi connectivity index (χ1n) is 7.02. The first-order chi connectivity index (χ1) is 7.41. The molecule has 92 valence electrons. The number of aliphatic hydroxyl groups excluding tert-OH is 1. The first kappa shape index (κ1) is 15.0. The molecule has 2 fully saturated rings. The van der Waals surface area contributed by atoms with Crippen molar-refractivity contribution in [1.82, 2.24) is 0 Å². The van der Waals surface area contributed by atoms with Gasteiger partial charge in [0.2, 0.25) is 0 Å². The minimum Gasteiger partial charge on any atom is -0.397 e. The van der Waals surface area contributed by atoms with Gasteiger partial charge in [-0.15, -0.1) is 0 Å². The summed E-state index contributed by atoms with van der Waals surface area (Å²) in [5.41, 5.74) is 0. The van der Waals surface area contributed by atoms with Gasteiger partial charge < -0.3 is 5.11 Å². The Bertz CT molecular complexity index is 58.5. The molecule has 0 spiro atoms. The van der Waals surface area contributed by atoms with E-state index in [2.05, 4.69) is 0 Å². The van der Waals surface area contributed by atoms with E-state index in [1.165, 1.54) is 77.0 Å². The van der Waals surface area contributed by atoms with Gasteiger partial charge >= 0.3 is 0 Å². The Labute approximate surface area is 96.3 Å². The summed E-state index contributed by atoms with van der Waals surface area (Å²) in [7, 11) is 0. The van der Waals surface area contributed by atoms with Crippen molar-refractivity contribution in [2.45, 2.75) is 84.0 Å². The fourth-order valence-corrected chi connectivity index (χ4v) is 2.12. The van der Waals surface area contributed by atoms with Crippen molar-refractivity contribution in [3.05, 3.63) is 0 Å². The van der Waals surface area contributed by atoms with Gasteiger partial charge in [-0.3, -0.25) is 0 Å². The fraction of sp³-hybridized carbons (Fsp3) is 1.00. The second-order valence-electron chi connectivity index (χ2n) is 4.56. The monoisotopic (exact) mass is 214 g/mol. The maximum absolute atomic E-state index is 7.57. The molecule has 0 aromatic carbocycles. The second kappa shape index (κ2) is 14.0. The molecule has 1 nitrogen and oxygen atoms in total. The van der Waals surface area contributed by atoms with E-state index in [0.29, 0.717) is 0 Å². The van der Waals surface area contributed by atoms with Crippen LogP contribution in [-0.2, 0) is 0 Å². The lowest BCUT2D eigenvalue weighted by Crippen LogP contribution is -1.85. The van der Waals surface area contributed by atoms with Gasteiger partial charge in [-0.1, -0.05) is 77.0 Å². The zero-order valence-corrected chi connectivity index (χ0v) is 10.6. The zero-order valence-electron chi connectivity index (χ0n) is 10.6. The highest BCUT2D eigenvalue weighted by atomic mass is 16.2. The maximum atomic E-state index is 7.57. The molecule has 1 N–H and O–H groups in total. The molecule has 0 unspecified atom stereocenters. The SMILES string of the molecule is C1CCCCC1.C1CCCCC1.CCO. The van der Waals surface area contributed by atoms with Gasteiger partial charge in [-0.05, 0) is 6.92 Å². The summed E-state index contributed by atoms with van der Waals surface area (Å²) < 4.78 is 0. The van der Waals surface area contributed by atoms with Crippen LogP contribution in [0.1, 0.15) is 84.0 Å². The van der Waals surface area contributed by atoms with Crippen LogP contribution in [-0.4, -0.2) is 11.7 Å². The molecule has 0 aromatic heterocycles. The standard InChI is InChI=1S/2C6H12.C2H6O/c2*1-2-4-6-5-3-1;1-2-3/h2*1-6H2;3H,2H2,1H3. The Kier molecular flexibility index (Phi) is 13.9. The van der Waals surface area contributed by atoms with E-state index in [9.17, 15) is 0 Å². The molecule has 2 aliphatic rings. The molecule has 0 heterocycles. The summed E-state index contributed by atoms with van der Waals surface area (Å²) in [4.78, 5) is 0. The van der Waals surface area contributed by atoms with Crippen molar-refractivity contribution >= 4 is 0 Å². The third kappa shape index (κ3) is 14.0. The van der Waals surface area contributed by atoms with Crippen molar-refractivity contribution in [1.29, 1.82) is 0 Å². The van der Waals surface area contributed by atoms with Crippen molar-refractivity contribution < 1.29 is 5.11 Å². The molecule has 2 rings (SSSR count). The predicted molar refractivity (Wildman–Crippen MR) is 68.2 cm³/mol. The highest BCUT2D eigenvalue weighted by molar-refractivity contribution is 4.51. The Balaban J connectivity index is 0.000000210. The topological polar surface area (TPSA) is 20.2 Å². The second-order valence-corrected chi connectivity index (χ2v) is 4.56. The highest BCUT2D eigenvalue weighted by Gasteiger charge is 1.96. The third-order valence-electron chi connectivity index (χ3n) is 3.00. The van der Waals surface area contributed by atoms with Crippen molar-refractivity contribution in [2.75, 3.05) is 6.61 Å². The van der Waals surface area contributed by atoms with Gasteiger partial charge in [0.25, 0.3) is 0 Å². The summed E-state index contributed by atoms with van der Waals surface area (Å²) in [6, 6.07) is 0. The molecule has 0 atom stereocenters. The van der Waals surface area contributed by atoms with Crippen molar-refractivity contribution in [3.8, 4) is 0 Å². The van der Waals surface area contributed by atoms with E-state index in [0.717, 1.165) is 0 Å². The summed E-state index contributed by atoms with van der Waals surface area (Å²) in [6.07, 6.45) is 18.0. The number of aliphatic hydroxyl groups is 1. The van der Waals surface area contributed by atoms with E-state index in [1.54, 1.807) is 6.92 Å². The van der Waals surface area contributed by atoms with E-state index in [-0.39, 0.29) is 6.61 Å². The lowest BCUT2D eigenvalue weighted by atomic mass is 10.0. The maximum Gasteiger partial charge on any atom is 0.0402 e. The molecular weight excluding hydrogens is 184 g/mol. The first-order valence-corrected chi connectivity index (χ1v) is 7.02. The fourth-order valence-electron chi connectivity index (χ4n) is 2.12. The summed E-state index contributed by atoms with van der Waals surface area (Å²) in [6.45, 7) is 1.93. The van der Waals surface area contributed by atoms with E-state index < -0.39 is 0 Å². The molecule has 0 amide bonds. The molecule has 2 saturated carbocycles. The van der Waals surface area contributed by atoms with Crippen LogP contribution in [0.5, 0.6) is 0 Å². The van der Waals surface area contributed by atoms with Crippen LogP contribution in [0.4, 0.5) is 0 Å². The number of rotatable bonds is 0. The minimum absolute atomic E-state index is 0.250. The van der Waals surface area contributed by atoms with E-state index >= 15 is 0 Å². The summed E-state index contributed by atoms with van der Waals surface area (Å²) in [5, 5.41) is 7.57. The van der Waals surface area contributed by atoms with Crippen LogP contribution >= 0.6 is 0 Å². The van der Waals surface area contributed by atoms with Crippen molar-refractivity contribution in [2.24, 2.45) is 0 Å². The average molecular weight is 214 g/mol. The van der Waals surface area contributed by atoms with E-state index in [1.807, 2.05) is 0 Å². The summed E-state index contributed by atoms with van der Waals surface area (Å²) >= 11 is 0. The predicted octanol–water partition coefficient (Wildman–Crippen LogP) is 4.68. The molecule has 0 radical (unpaired) electrons. The van der Waals surface area contributed by atoms with Crippen LogP contribution in [0.2, 0.25) is 0 Å². The Morgan fingerprint density at radius 1 is 0.533 bits per heavy atom. The van der Waals surface area contributed by atoms with Crippen LogP contribution in [0.15, 0.2) is 0 Å². The zero-order chi connectivity index (χ0) is 11.2. The molecule has 0 saturated heterocycles. The van der Waals surface area contributed by atoms with Gasteiger partial charge in [0.15, 0.2) is 0 Å². The largest absolute Gasteiger partial charge is 0.397 e. The number of hydrogen-bond donors (Lipinski definition) is 1. The van der Waals surface area contributed by atoms with Gasteiger partial charge in [0.1, 0.15) is 0 Å². The van der Waals surface area contributed by atoms with E-state index in [4.69, 9.17) is 5.11 Å². The molecular formula is C14H30O. The molecule has 0 bridgehead atoms. The smallest absolute Gasteiger partial charge is 0.0402 e. The van der Waals surface area contributed by atoms with Crippen LogP contribution < -0.4 is 0 Å². The molecule has 1 heteroatoms. The number of hydrogen-bond acceptors (Lipinski definition) is 1. The quantitative estimate of drug-likeness (QED) is 0.621. The lowest BCUT2D eigenvalue weighted by molar-refractivity contribution is 0.318. The Morgan fingerprint density at radius 2 is 0.600 bits per heavy atom. The average Bonchev–Trinajstić information content (AvgIpc) is 2.35. The molecule has 2 aliphatic carbocycles. The van der Waals surface area contributed by atoms with Crippen LogP contribution in [0, 0.1) is 0 Å². The molecule has 0 aromatic rings. The normalized spacial score (nSPS) is 20.4. The molecule has 15 heavy (non-hydrogen) atoms. The van der Waals surface area contributed by atoms with Gasteiger partial charge in [-0.25, -0.2) is 0 Å². The summed E-state index contributed by atoms with van der Waals surface area (Å²) in [5.74, 6) is 0. The van der Waals surface area contributed by atoms with Gasteiger partial charge in [0, 0.05) is 6.61 Å². The Morgan fingerprint density at radius 3 is 0.667 bits per heavy atom. The van der Waals surface area contributed by atoms with Crippen LogP contribution in [0.25, 0.3) is 0 Å². The van der Waals surface area contributed by atoms with Gasteiger partial charge in [-0.2, -0.15) is 0 Å². The van der Waals surface area contributed by atoms with Crippen LogP contribution in [0.3, 0.4) is 0 Å². The third-order valence-corrected chi connectivity index (χ3v) is 3.00. The minimum atomic E-state index is 0.250. The van der Waals surface area contributed by atoms with Gasteiger partial charge in [0.05, 0.1) is 0 Å². The van der Waals surface area contributed by atoms with Crippen molar-refractivity contribution in [3.63, 3.8) is 0 Å². The highest BCUT2D eigenvalue weighted by Crippen LogP contribution is 2.15. The Hall–Kier alpha value is -0.0400. The lowest BCUT2D eigenvalue weighted by Gasteiger charge is -2.05.